The number of nitrogens with zero attached hydrogens (tertiary/aromatic N) is 8. The summed E-state index contributed by atoms with van der Waals surface area (Å²) in [7, 11) is -32.8. The molecule has 4 aromatic heterocycles. The Hall–Kier alpha value is -4.96. The molecule has 0 aromatic carbocycles. The summed E-state index contributed by atoms with van der Waals surface area (Å²) in [5, 5.41) is 70.5. The lowest BCUT2D eigenvalue weighted by molar-refractivity contribution is -0.137. The Bertz CT molecular complexity index is 4090. The molecule has 0 radical (unpaired) electrons. The maximum Gasteiger partial charge on any atom is 0.481 e. The highest BCUT2D eigenvalue weighted by Crippen LogP contribution is 2.63. The largest absolute Gasteiger partial charge is 0.481 e. The van der Waals surface area contributed by atoms with Gasteiger partial charge in [-0.05, 0) is 20.8 Å². The Labute approximate surface area is 619 Å². The number of amides is 4. The molecule has 0 bridgehead atoms. The number of nitrogen functional groups attached to an aromatic ring is 2. The highest BCUT2D eigenvalue weighted by Gasteiger charge is 2.53. The Morgan fingerprint density at radius 2 is 0.917 bits per heavy atom. The summed E-state index contributed by atoms with van der Waals surface area (Å²) in [6, 6.07) is 0. The molecular weight excluding hydrogens is 1620 g/mol. The summed E-state index contributed by atoms with van der Waals surface area (Å²) in [6.07, 6.45) is -14.8. The third-order valence-corrected chi connectivity index (χ3v) is 22.7. The number of imidazole rings is 2. The number of hydrogen-bond donors (Lipinski definition) is 20. The number of fused-ring (bicyclic) bond motifs is 2. The van der Waals surface area contributed by atoms with Crippen molar-refractivity contribution in [2.24, 2.45) is 10.8 Å². The zero-order chi connectivity index (χ0) is 81.5. The second kappa shape index (κ2) is 39.2. The van der Waals surface area contributed by atoms with E-state index in [0.717, 1.165) is 58.0 Å². The van der Waals surface area contributed by atoms with E-state index in [9.17, 15) is 126 Å². The number of carbonyl (C=O) groups is 6. The molecule has 15 atom stereocenters. The molecule has 0 spiro atoms. The van der Waals surface area contributed by atoms with Crippen LogP contribution >= 0.6 is 70.5 Å². The van der Waals surface area contributed by atoms with Crippen molar-refractivity contribution in [1.82, 2.24) is 60.3 Å². The zero-order valence-electron chi connectivity index (χ0n) is 57.8. The molecule has 22 N–H and O–H groups in total. The van der Waals surface area contributed by atoms with Gasteiger partial charge in [0, 0.05) is 67.8 Å². The number of aromatic nitrogens is 8. The number of phosphoric acid groups is 6. The van der Waals surface area contributed by atoms with Crippen molar-refractivity contribution in [3.63, 3.8) is 0 Å². The molecule has 6 heterocycles. The molecule has 58 heteroatoms. The van der Waals surface area contributed by atoms with Crippen LogP contribution in [0.1, 0.15) is 80.2 Å². The van der Waals surface area contributed by atoms with Crippen LogP contribution in [0.3, 0.4) is 0 Å². The van der Waals surface area contributed by atoms with Crippen LogP contribution in [0, 0.1) is 10.8 Å². The van der Waals surface area contributed by atoms with Gasteiger partial charge < -0.3 is 112 Å². The number of hydrogen-bond acceptors (Lipinski definition) is 38. The molecule has 2 aliphatic heterocycles. The van der Waals surface area contributed by atoms with Gasteiger partial charge in [0.25, 0.3) is 0 Å². The minimum absolute atomic E-state index is 0.0248. The van der Waals surface area contributed by atoms with Crippen molar-refractivity contribution < 1.29 is 171 Å². The molecule has 108 heavy (non-hydrogen) atoms. The Balaban J connectivity index is 0.000000387. The fourth-order valence-corrected chi connectivity index (χ4v) is 16.2. The molecule has 0 aliphatic carbocycles. The number of anilines is 2. The van der Waals surface area contributed by atoms with Gasteiger partial charge in [0.05, 0.1) is 45.2 Å². The number of phosphoric ester groups is 6. The van der Waals surface area contributed by atoms with Crippen molar-refractivity contribution in [2.75, 3.05) is 75.6 Å². The fraction of sp³-hybridized carbons (Fsp3) is 0.680. The molecule has 50 nitrogen and oxygen atoms in total. The Morgan fingerprint density at radius 1 is 0.556 bits per heavy atom. The van der Waals surface area contributed by atoms with Crippen LogP contribution in [0.15, 0.2) is 25.3 Å². The third kappa shape index (κ3) is 29.5. The fourth-order valence-electron chi connectivity index (χ4n) is 9.05. The van der Waals surface area contributed by atoms with Crippen LogP contribution in [-0.4, -0.2) is 267 Å². The van der Waals surface area contributed by atoms with Crippen LogP contribution in [0.5, 0.6) is 0 Å². The topological polar surface area (TPSA) is 768 Å². The summed E-state index contributed by atoms with van der Waals surface area (Å²) in [5.41, 5.74) is 6.93. The number of nitrogens with two attached hydrogens (primary N) is 2. The van der Waals surface area contributed by atoms with Crippen LogP contribution in [0.4, 0.5) is 11.6 Å². The summed E-state index contributed by atoms with van der Waals surface area (Å²) >= 11 is 1.77. The Kier molecular flexibility index (Phi) is 34.0. The number of carbonyl (C=O) groups excluding carboxylic acids is 6. The molecule has 4 aromatic rings. The van der Waals surface area contributed by atoms with E-state index in [0.29, 0.717) is 0 Å². The predicted octanol–water partition coefficient (Wildman–Crippen LogP) is -3.13. The number of rotatable bonds is 41. The van der Waals surface area contributed by atoms with E-state index < -0.39 is 186 Å². The van der Waals surface area contributed by atoms with Crippen molar-refractivity contribution in [2.45, 2.75) is 141 Å². The molecule has 2 fully saturated rings. The molecule has 5 unspecified atom stereocenters. The first kappa shape index (κ1) is 93.6. The molecule has 2 aliphatic rings. The zero-order valence-corrected chi connectivity index (χ0v) is 64.8. The maximum atomic E-state index is 12.6. The number of thioether (sulfide) groups is 2. The molecular formula is C50H84N14O36P6S2. The van der Waals surface area contributed by atoms with E-state index in [1.54, 1.807) is 0 Å². The second-order valence-electron chi connectivity index (χ2n) is 25.1. The van der Waals surface area contributed by atoms with Gasteiger partial charge in [-0.25, -0.2) is 57.3 Å². The van der Waals surface area contributed by atoms with Gasteiger partial charge in [-0.15, -0.1) is 0 Å². The van der Waals surface area contributed by atoms with Crippen LogP contribution in [-0.2, 0) is 101 Å². The van der Waals surface area contributed by atoms with Crippen LogP contribution < -0.4 is 32.7 Å². The lowest BCUT2D eigenvalue weighted by Crippen LogP contribution is -2.46. The average Bonchev–Trinajstić information content (AvgIpc) is 1.62. The number of ether oxygens (including phenoxy) is 2. The van der Waals surface area contributed by atoms with Crippen LogP contribution in [0.2, 0.25) is 0 Å². The van der Waals surface area contributed by atoms with E-state index in [2.05, 4.69) is 68.8 Å². The molecule has 4 amide bonds. The summed E-state index contributed by atoms with van der Waals surface area (Å²) in [4.78, 5) is 174. The monoisotopic (exact) mass is 1710 g/mol. The van der Waals surface area contributed by atoms with Crippen molar-refractivity contribution in [1.29, 1.82) is 0 Å². The van der Waals surface area contributed by atoms with Crippen molar-refractivity contribution in [3.05, 3.63) is 25.3 Å². The quantitative estimate of drug-likeness (QED) is 0.0154. The second-order valence-corrected chi connectivity index (χ2v) is 35.8. The predicted molar refractivity (Wildman–Crippen MR) is 367 cm³/mol. The van der Waals surface area contributed by atoms with E-state index >= 15 is 0 Å². The van der Waals surface area contributed by atoms with Gasteiger partial charge in [-0.3, -0.25) is 65.0 Å². The molecule has 0 saturated carbocycles. The van der Waals surface area contributed by atoms with Gasteiger partial charge in [0.1, 0.15) is 78.1 Å². The standard InChI is InChI=1S/2C25H42N7O18P3S/c1-24(2,18(35)21(36)28-6-5-14(33)27-7-8-54-23(37)25(3,4)38)10-47-53(44,45)50-52(42,43)46-9-13-17(49-51(39,40)41)16(34)22(48-13)32-12-31-15-19(26)29-11-30-20(15)32;1-13(33)8-16(35)54-7-6-27-15(34)4-5-28-23(38)20(37)25(2,3)10-47-53(44,45)50-52(42,43)46-9-14-19(49-51(39,40)41)18(36)24(48-14)32-12-31-17-21(26)29-11-30-22(17)32/h11-13,16-18,22,34-35,38H,5-10H2,1-4H3,(H,27,33)(H,28,36)(H,42,43)(H,44,45)(H2,26,29,30)(H2,39,40,41);11-14,18-20,24,33,36-37H,4-10H2,1-3H3,(H,27,34)(H,28,38)(H,42,43)(H,44,45)(H2,26,29,30)(H2,39,40,41)/t13-,16-,17-,18+,22-;13?,14-,18-,19-,20+,24-/m11/s1. The Morgan fingerprint density at radius 3 is 1.27 bits per heavy atom. The SMILES string of the molecule is CC(C)(O)C(=O)SCCNC(=O)CCNC(=O)[C@H](O)C(C)(C)COP(=O)(O)OP(=O)(O)OC[C@H]1O[C@@H](n2cnc3c(N)ncnc32)[C@H](O)[C@@H]1OP(=O)(O)O.CC(O)CC(=O)SCCNC(=O)CCNC(=O)[C@H](O)C(C)(C)COP(=O)(O)OP(=O)(O)OC[C@H]1O[C@@H](n2cnc3c(N)ncnc32)[C@H](O)[C@@H]1OP(=O)(O)O. The number of aliphatic hydroxyl groups excluding tert-OH is 5. The van der Waals surface area contributed by atoms with Crippen molar-refractivity contribution >= 4 is 138 Å². The smallest absolute Gasteiger partial charge is 0.393 e. The average molecular weight is 1710 g/mol. The summed E-state index contributed by atoms with van der Waals surface area (Å²) < 4.78 is 124. The first-order valence-corrected chi connectivity index (χ1v) is 42.2. The molecule has 612 valence electrons. The van der Waals surface area contributed by atoms with E-state index in [1.165, 1.54) is 48.5 Å². The highest BCUT2D eigenvalue weighted by atomic mass is 32.2. The molecule has 2 saturated heterocycles. The highest BCUT2D eigenvalue weighted by molar-refractivity contribution is 8.14. The molecule has 6 rings (SSSR count). The van der Waals surface area contributed by atoms with Crippen molar-refractivity contribution in [3.8, 4) is 0 Å². The van der Waals surface area contributed by atoms with Crippen LogP contribution in [0.25, 0.3) is 22.3 Å². The number of aliphatic hydroxyl groups is 6. The normalized spacial score (nSPS) is 22.5. The first-order chi connectivity index (χ1) is 49.6. The van der Waals surface area contributed by atoms with Gasteiger partial charge >= 0.3 is 46.9 Å². The van der Waals surface area contributed by atoms with Gasteiger partial charge in [0.2, 0.25) is 28.7 Å². The maximum absolute atomic E-state index is 12.6. The minimum atomic E-state index is -5.58. The van der Waals surface area contributed by atoms with Gasteiger partial charge in [-0.2, -0.15) is 8.62 Å². The van der Waals surface area contributed by atoms with Gasteiger partial charge in [-0.1, -0.05) is 51.2 Å². The number of nitrogens with one attached hydrogen (secondary N) is 4. The lowest BCUT2D eigenvalue weighted by Gasteiger charge is -2.30. The summed E-state index contributed by atoms with van der Waals surface area (Å²) in [5.74, 6) is -2.61. The summed E-state index contributed by atoms with van der Waals surface area (Å²) in [6.45, 7) is 4.78. The van der Waals surface area contributed by atoms with E-state index in [4.69, 9.17) is 39.0 Å². The van der Waals surface area contributed by atoms with E-state index in [-0.39, 0.29) is 96.0 Å². The first-order valence-electron chi connectivity index (χ1n) is 31.2. The minimum Gasteiger partial charge on any atom is -0.393 e. The lowest BCUT2D eigenvalue weighted by atomic mass is 9.87. The van der Waals surface area contributed by atoms with Gasteiger partial charge in [0.15, 0.2) is 40.5 Å². The van der Waals surface area contributed by atoms with E-state index in [1.807, 2.05) is 0 Å². The third-order valence-electron chi connectivity index (χ3n) is 14.5.